The van der Waals surface area contributed by atoms with Crippen molar-refractivity contribution in [2.45, 2.75) is 0 Å². The standard InChI is InChI=1S/C6H5.2C2H6N.Ga/c1-2-4-6-5-3-1;2*1-3-2;/h1-5H;2*1-2H3;/q;2*-1;+2. The molecule has 0 saturated heterocycles. The molecule has 0 bridgehead atoms. The zero-order chi connectivity index (χ0) is 9.84. The van der Waals surface area contributed by atoms with Crippen LogP contribution in [-0.4, -0.2) is 52.1 Å². The summed E-state index contributed by atoms with van der Waals surface area (Å²) in [4.78, 5) is 0. The summed E-state index contributed by atoms with van der Waals surface area (Å²) in [6, 6.07) is 10.8. The minimum absolute atomic E-state index is 1.52. The molecule has 0 aliphatic rings. The van der Waals surface area contributed by atoms with E-state index in [1.807, 2.05) is 0 Å². The Morgan fingerprint density at radius 1 is 0.846 bits per heavy atom. The van der Waals surface area contributed by atoms with Gasteiger partial charge in [-0.05, 0) is 0 Å². The van der Waals surface area contributed by atoms with Crippen LogP contribution in [0.2, 0.25) is 0 Å². The van der Waals surface area contributed by atoms with Gasteiger partial charge in [0.15, 0.2) is 0 Å². The maximum absolute atomic E-state index is 2.39. The molecule has 2 nitrogen and oxygen atoms in total. The quantitative estimate of drug-likeness (QED) is 0.704. The van der Waals surface area contributed by atoms with Crippen molar-refractivity contribution in [2.75, 3.05) is 28.2 Å². The molecular weight excluding hydrogens is 218 g/mol. The van der Waals surface area contributed by atoms with Crippen LogP contribution in [0, 0.1) is 0 Å². The van der Waals surface area contributed by atoms with Gasteiger partial charge in [-0.1, -0.05) is 0 Å². The van der Waals surface area contributed by atoms with Crippen LogP contribution >= 0.6 is 0 Å². The Kier molecular flexibility index (Phi) is 4.06. The van der Waals surface area contributed by atoms with Crippen molar-refractivity contribution >= 4 is 20.8 Å². The molecule has 0 fully saturated rings. The number of nitrogens with zero attached hydrogens (tertiary/aromatic N) is 2. The number of hydrogen-bond donors (Lipinski definition) is 0. The molecule has 0 atom stereocenters. The zero-order valence-corrected chi connectivity index (χ0v) is 11.3. The molecule has 70 valence electrons. The third-order valence-electron chi connectivity index (χ3n) is 2.08. The fourth-order valence-corrected chi connectivity index (χ4v) is 7.31. The van der Waals surface area contributed by atoms with E-state index in [-0.39, 0.29) is 0 Å². The van der Waals surface area contributed by atoms with Crippen molar-refractivity contribution in [1.29, 1.82) is 0 Å². The average Bonchev–Trinajstić information content (AvgIpc) is 2.04. The van der Waals surface area contributed by atoms with Crippen LogP contribution < -0.4 is 4.12 Å². The van der Waals surface area contributed by atoms with Gasteiger partial charge >= 0.3 is 86.6 Å². The topological polar surface area (TPSA) is 6.48 Å². The Hall–Kier alpha value is -0.224. The van der Waals surface area contributed by atoms with Crippen molar-refractivity contribution in [1.82, 2.24) is 7.21 Å². The van der Waals surface area contributed by atoms with E-state index in [2.05, 4.69) is 65.7 Å². The third-order valence-corrected chi connectivity index (χ3v) is 8.24. The van der Waals surface area contributed by atoms with E-state index >= 15 is 0 Å². The summed E-state index contributed by atoms with van der Waals surface area (Å²) in [5.74, 6) is 0. The average molecular weight is 235 g/mol. The van der Waals surface area contributed by atoms with Crippen molar-refractivity contribution in [3.05, 3.63) is 30.3 Å². The molecule has 1 aromatic rings. The Labute approximate surface area is 86.7 Å². The van der Waals surface area contributed by atoms with Gasteiger partial charge < -0.3 is 0 Å². The Morgan fingerprint density at radius 3 is 1.69 bits per heavy atom. The van der Waals surface area contributed by atoms with Crippen molar-refractivity contribution in [3.63, 3.8) is 0 Å². The molecule has 0 aromatic heterocycles. The van der Waals surface area contributed by atoms with Crippen molar-refractivity contribution < 1.29 is 0 Å². The number of rotatable bonds is 3. The van der Waals surface area contributed by atoms with Gasteiger partial charge in [0.05, 0.1) is 0 Å². The normalized spacial score (nSPS) is 10.9. The zero-order valence-electron chi connectivity index (χ0n) is 8.86. The molecular formula is C10H17GaN2. The van der Waals surface area contributed by atoms with E-state index < -0.39 is 16.7 Å². The second-order valence-corrected chi connectivity index (χ2v) is 11.0. The van der Waals surface area contributed by atoms with E-state index in [0.29, 0.717) is 0 Å². The summed E-state index contributed by atoms with van der Waals surface area (Å²) in [5, 5.41) is 0. The van der Waals surface area contributed by atoms with Gasteiger partial charge in [0.1, 0.15) is 0 Å². The van der Waals surface area contributed by atoms with Crippen molar-refractivity contribution in [2.24, 2.45) is 0 Å². The predicted octanol–water partition coefficient (Wildman–Crippen LogP) is 0.505. The summed E-state index contributed by atoms with van der Waals surface area (Å²) in [6.45, 7) is 0. The molecule has 1 aromatic carbocycles. The monoisotopic (exact) mass is 234 g/mol. The maximum atomic E-state index is 2.39. The van der Waals surface area contributed by atoms with Gasteiger partial charge in [0, 0.05) is 0 Å². The van der Waals surface area contributed by atoms with Crippen LogP contribution in [0.15, 0.2) is 30.3 Å². The molecule has 0 saturated carbocycles. The summed E-state index contributed by atoms with van der Waals surface area (Å²) in [5.41, 5.74) is 0. The molecule has 0 N–H and O–H groups in total. The first-order valence-electron chi connectivity index (χ1n) is 4.50. The van der Waals surface area contributed by atoms with E-state index in [1.54, 1.807) is 0 Å². The molecule has 13 heavy (non-hydrogen) atoms. The molecule has 0 spiro atoms. The summed E-state index contributed by atoms with van der Waals surface area (Å²) < 4.78 is 6.30. The molecule has 0 aliphatic carbocycles. The number of hydrogen-bond acceptors (Lipinski definition) is 2. The molecule has 3 heteroatoms. The minimum atomic E-state index is -1.57. The van der Waals surface area contributed by atoms with Crippen LogP contribution in [0.4, 0.5) is 0 Å². The third kappa shape index (κ3) is 2.88. The first-order valence-corrected chi connectivity index (χ1v) is 7.88. The molecule has 0 radical (unpaired) electrons. The predicted molar refractivity (Wildman–Crippen MR) is 59.2 cm³/mol. The number of benzene rings is 1. The van der Waals surface area contributed by atoms with Gasteiger partial charge in [-0.25, -0.2) is 0 Å². The van der Waals surface area contributed by atoms with E-state index in [9.17, 15) is 0 Å². The van der Waals surface area contributed by atoms with Gasteiger partial charge in [0.2, 0.25) is 0 Å². The Balaban J connectivity index is 2.89. The molecule has 0 heterocycles. The SMILES string of the molecule is C[N](C)[Ga]([c]1ccccc1)[N](C)C. The summed E-state index contributed by atoms with van der Waals surface area (Å²) in [7, 11) is 8.71. The van der Waals surface area contributed by atoms with E-state index in [0.717, 1.165) is 0 Å². The second kappa shape index (κ2) is 4.86. The molecule has 0 amide bonds. The van der Waals surface area contributed by atoms with E-state index in [1.165, 1.54) is 4.12 Å². The Morgan fingerprint density at radius 2 is 1.31 bits per heavy atom. The second-order valence-electron chi connectivity index (χ2n) is 3.71. The summed E-state index contributed by atoms with van der Waals surface area (Å²) >= 11 is -1.57. The first-order chi connectivity index (χ1) is 6.13. The van der Waals surface area contributed by atoms with E-state index in [4.69, 9.17) is 0 Å². The van der Waals surface area contributed by atoms with Gasteiger partial charge in [-0.2, -0.15) is 0 Å². The molecule has 0 aliphatic heterocycles. The fourth-order valence-electron chi connectivity index (χ4n) is 1.68. The van der Waals surface area contributed by atoms with Gasteiger partial charge in [-0.15, -0.1) is 0 Å². The molecule has 1 rings (SSSR count). The van der Waals surface area contributed by atoms with Crippen molar-refractivity contribution in [3.8, 4) is 0 Å². The Bertz CT molecular complexity index is 238. The summed E-state index contributed by atoms with van der Waals surface area (Å²) in [6.07, 6.45) is 0. The van der Waals surface area contributed by atoms with Crippen LogP contribution in [0.3, 0.4) is 0 Å². The fraction of sp³-hybridized carbons (Fsp3) is 0.400. The van der Waals surface area contributed by atoms with Crippen LogP contribution in [0.25, 0.3) is 0 Å². The van der Waals surface area contributed by atoms with Crippen LogP contribution in [0.1, 0.15) is 0 Å². The van der Waals surface area contributed by atoms with Gasteiger partial charge in [0.25, 0.3) is 0 Å². The molecule has 0 unspecified atom stereocenters. The van der Waals surface area contributed by atoms with Crippen LogP contribution in [0.5, 0.6) is 0 Å². The van der Waals surface area contributed by atoms with Crippen LogP contribution in [-0.2, 0) is 0 Å². The first kappa shape index (κ1) is 10.9. The van der Waals surface area contributed by atoms with Gasteiger partial charge in [-0.3, -0.25) is 0 Å².